The minimum atomic E-state index is -0.986. The minimum absolute atomic E-state index is 0.121. The molecular formula is C17H17ClFNO3. The molecule has 0 unspecified atom stereocenters. The van der Waals surface area contributed by atoms with Gasteiger partial charge in [-0.3, -0.25) is 0 Å². The summed E-state index contributed by atoms with van der Waals surface area (Å²) < 4.78 is 24.4. The van der Waals surface area contributed by atoms with Crippen LogP contribution < -0.4 is 0 Å². The smallest absolute Gasteiger partial charge is 0.367 e. The summed E-state index contributed by atoms with van der Waals surface area (Å²) in [5.74, 6) is -1.62. The minimum Gasteiger partial charge on any atom is -0.461 e. The normalized spacial score (nSPS) is 15.7. The molecule has 6 heteroatoms. The van der Waals surface area contributed by atoms with Crippen LogP contribution in [0.15, 0.2) is 22.4 Å². The van der Waals surface area contributed by atoms with E-state index in [0.29, 0.717) is 22.9 Å². The van der Waals surface area contributed by atoms with Crippen molar-refractivity contribution in [1.29, 1.82) is 0 Å². The Morgan fingerprint density at radius 2 is 2.26 bits per heavy atom. The molecule has 0 radical (unpaired) electrons. The van der Waals surface area contributed by atoms with Crippen LogP contribution in [0.5, 0.6) is 0 Å². The Bertz CT molecular complexity index is 797. The van der Waals surface area contributed by atoms with E-state index in [1.165, 1.54) is 0 Å². The largest absolute Gasteiger partial charge is 0.461 e. The van der Waals surface area contributed by atoms with Crippen LogP contribution >= 0.6 is 11.6 Å². The van der Waals surface area contributed by atoms with E-state index in [1.807, 2.05) is 7.05 Å². The van der Waals surface area contributed by atoms with Gasteiger partial charge in [-0.15, -0.1) is 0 Å². The zero-order valence-electron chi connectivity index (χ0n) is 13.0. The fraction of sp³-hybridized carbons (Fsp3) is 0.353. The Morgan fingerprint density at radius 3 is 3.00 bits per heavy atom. The van der Waals surface area contributed by atoms with E-state index in [9.17, 15) is 9.18 Å². The van der Waals surface area contributed by atoms with E-state index in [1.54, 1.807) is 19.1 Å². The first-order valence-corrected chi connectivity index (χ1v) is 7.84. The standard InChI is InChI=1S/C17H17ClFNO3/c1-3-22-17(21)13(19)8-15-11-9-20(2)7-6-10-12(18)4-5-14(23-15)16(10)11/h4-5,8H,3,6-7,9H2,1-2H3/b13-8-. The van der Waals surface area contributed by atoms with E-state index in [0.717, 1.165) is 35.6 Å². The molecule has 0 bridgehead atoms. The first-order valence-electron chi connectivity index (χ1n) is 7.47. The van der Waals surface area contributed by atoms with Crippen molar-refractivity contribution in [2.45, 2.75) is 19.9 Å². The number of furan rings is 1. The number of likely N-dealkylation sites (N-methyl/N-ethyl adjacent to an activating group) is 1. The molecule has 4 nitrogen and oxygen atoms in total. The molecule has 3 rings (SSSR count). The van der Waals surface area contributed by atoms with Gasteiger partial charge in [-0.1, -0.05) is 11.6 Å². The number of ether oxygens (including phenoxy) is 1. The lowest BCUT2D eigenvalue weighted by atomic mass is 10.0. The van der Waals surface area contributed by atoms with Crippen LogP contribution in [-0.2, 0) is 22.5 Å². The van der Waals surface area contributed by atoms with Gasteiger partial charge in [0.05, 0.1) is 6.61 Å². The van der Waals surface area contributed by atoms with Gasteiger partial charge in [0.2, 0.25) is 5.83 Å². The lowest BCUT2D eigenvalue weighted by Crippen LogP contribution is -2.18. The van der Waals surface area contributed by atoms with E-state index >= 15 is 0 Å². The number of esters is 1. The van der Waals surface area contributed by atoms with Gasteiger partial charge in [0, 0.05) is 35.1 Å². The quantitative estimate of drug-likeness (QED) is 0.628. The molecule has 0 spiro atoms. The molecule has 0 fully saturated rings. The molecule has 0 aliphatic carbocycles. The summed E-state index contributed by atoms with van der Waals surface area (Å²) >= 11 is 6.31. The molecule has 122 valence electrons. The third-order valence-electron chi connectivity index (χ3n) is 3.94. The highest BCUT2D eigenvalue weighted by Gasteiger charge is 2.23. The van der Waals surface area contributed by atoms with E-state index in [4.69, 9.17) is 16.0 Å². The Balaban J connectivity index is 2.15. The van der Waals surface area contributed by atoms with Crippen molar-refractivity contribution >= 4 is 34.6 Å². The third kappa shape index (κ3) is 2.99. The highest BCUT2D eigenvalue weighted by Crippen LogP contribution is 2.37. The van der Waals surface area contributed by atoms with Crippen molar-refractivity contribution < 1.29 is 18.3 Å². The van der Waals surface area contributed by atoms with Crippen LogP contribution in [-0.4, -0.2) is 31.1 Å². The fourth-order valence-corrected chi connectivity index (χ4v) is 3.12. The maximum Gasteiger partial charge on any atom is 0.367 e. The summed E-state index contributed by atoms with van der Waals surface area (Å²) in [7, 11) is 1.98. The highest BCUT2D eigenvalue weighted by atomic mass is 35.5. The maximum atomic E-state index is 14.0. The van der Waals surface area contributed by atoms with Gasteiger partial charge < -0.3 is 14.1 Å². The van der Waals surface area contributed by atoms with Crippen LogP contribution in [0.25, 0.3) is 17.0 Å². The van der Waals surface area contributed by atoms with Gasteiger partial charge in [0.15, 0.2) is 0 Å². The molecule has 23 heavy (non-hydrogen) atoms. The summed E-state index contributed by atoms with van der Waals surface area (Å²) in [6.45, 7) is 3.19. The number of benzene rings is 1. The second kappa shape index (κ2) is 6.34. The van der Waals surface area contributed by atoms with Gasteiger partial charge in [-0.25, -0.2) is 4.79 Å². The Labute approximate surface area is 138 Å². The molecule has 1 aliphatic rings. The molecule has 0 N–H and O–H groups in total. The SMILES string of the molecule is CCOC(=O)/C(F)=C/c1oc2ccc(Cl)c3c2c1CN(C)CC3. The molecule has 1 aromatic heterocycles. The summed E-state index contributed by atoms with van der Waals surface area (Å²) in [6.07, 6.45) is 1.90. The van der Waals surface area contributed by atoms with Crippen molar-refractivity contribution in [2.75, 3.05) is 20.2 Å². The van der Waals surface area contributed by atoms with Crippen LogP contribution in [0.4, 0.5) is 4.39 Å². The fourth-order valence-electron chi connectivity index (χ4n) is 2.86. The number of nitrogens with zero attached hydrogens (tertiary/aromatic N) is 1. The highest BCUT2D eigenvalue weighted by molar-refractivity contribution is 6.32. The topological polar surface area (TPSA) is 42.7 Å². The average molecular weight is 338 g/mol. The first kappa shape index (κ1) is 16.0. The summed E-state index contributed by atoms with van der Waals surface area (Å²) in [4.78, 5) is 13.6. The van der Waals surface area contributed by atoms with Crippen molar-refractivity contribution in [3.8, 4) is 0 Å². The van der Waals surface area contributed by atoms with Gasteiger partial charge in [-0.2, -0.15) is 4.39 Å². The van der Waals surface area contributed by atoms with E-state index in [2.05, 4.69) is 9.64 Å². The van der Waals surface area contributed by atoms with E-state index in [-0.39, 0.29) is 6.61 Å². The molecule has 0 saturated heterocycles. The van der Waals surface area contributed by atoms with Gasteiger partial charge in [0.25, 0.3) is 0 Å². The van der Waals surface area contributed by atoms with Gasteiger partial charge >= 0.3 is 5.97 Å². The zero-order chi connectivity index (χ0) is 16.6. The third-order valence-corrected chi connectivity index (χ3v) is 4.29. The molecule has 1 aliphatic heterocycles. The van der Waals surface area contributed by atoms with Gasteiger partial charge in [-0.05, 0) is 38.1 Å². The van der Waals surface area contributed by atoms with Crippen LogP contribution in [0.3, 0.4) is 0 Å². The number of rotatable bonds is 3. The number of hydrogen-bond donors (Lipinski definition) is 0. The van der Waals surface area contributed by atoms with Crippen LogP contribution in [0.1, 0.15) is 23.8 Å². The monoisotopic (exact) mass is 337 g/mol. The van der Waals surface area contributed by atoms with Gasteiger partial charge in [0.1, 0.15) is 11.3 Å². The Kier molecular flexibility index (Phi) is 4.41. The Morgan fingerprint density at radius 1 is 1.48 bits per heavy atom. The summed E-state index contributed by atoms with van der Waals surface area (Å²) in [5, 5.41) is 1.60. The predicted octanol–water partition coefficient (Wildman–Crippen LogP) is 3.95. The first-order chi connectivity index (χ1) is 11.0. The zero-order valence-corrected chi connectivity index (χ0v) is 13.7. The molecule has 2 aromatic rings. The molecule has 0 atom stereocenters. The van der Waals surface area contributed by atoms with Crippen molar-refractivity contribution in [2.24, 2.45) is 0 Å². The molecule has 0 amide bonds. The maximum absolute atomic E-state index is 14.0. The number of hydrogen-bond acceptors (Lipinski definition) is 4. The number of carbonyl (C=O) groups excluding carboxylic acids is 1. The second-order valence-electron chi connectivity index (χ2n) is 5.54. The number of halogens is 2. The van der Waals surface area contributed by atoms with Crippen molar-refractivity contribution in [1.82, 2.24) is 4.90 Å². The molecule has 0 saturated carbocycles. The summed E-state index contributed by atoms with van der Waals surface area (Å²) in [5.41, 5.74) is 2.50. The predicted molar refractivity (Wildman–Crippen MR) is 87.0 cm³/mol. The average Bonchev–Trinajstić information content (AvgIpc) is 2.73. The van der Waals surface area contributed by atoms with Crippen molar-refractivity contribution in [3.05, 3.63) is 39.9 Å². The molecule has 2 heterocycles. The Hall–Kier alpha value is -1.85. The van der Waals surface area contributed by atoms with Crippen LogP contribution in [0, 0.1) is 0 Å². The number of carbonyl (C=O) groups is 1. The second-order valence-corrected chi connectivity index (χ2v) is 5.95. The lowest BCUT2D eigenvalue weighted by Gasteiger charge is -2.13. The lowest BCUT2D eigenvalue weighted by molar-refractivity contribution is -0.140. The van der Waals surface area contributed by atoms with Crippen LogP contribution in [0.2, 0.25) is 5.02 Å². The summed E-state index contributed by atoms with van der Waals surface area (Å²) in [6, 6.07) is 3.56. The molecular weight excluding hydrogens is 321 g/mol. The molecule has 1 aromatic carbocycles. The van der Waals surface area contributed by atoms with E-state index < -0.39 is 11.8 Å². The van der Waals surface area contributed by atoms with Crippen molar-refractivity contribution in [3.63, 3.8) is 0 Å².